The van der Waals surface area contributed by atoms with Crippen LogP contribution in [-0.4, -0.2) is 57.9 Å². The van der Waals surface area contributed by atoms with Gasteiger partial charge in [-0.1, -0.05) is 40.8 Å². The normalized spacial score (nSPS) is 27.8. The number of rotatable bonds is 7. The van der Waals surface area contributed by atoms with E-state index in [-0.39, 0.29) is 9.50 Å². The third-order valence-corrected chi connectivity index (χ3v) is 8.77. The van der Waals surface area contributed by atoms with Crippen LogP contribution in [0.3, 0.4) is 0 Å². The summed E-state index contributed by atoms with van der Waals surface area (Å²) in [5, 5.41) is -6.05. The van der Waals surface area contributed by atoms with Gasteiger partial charge in [-0.25, -0.2) is 13.2 Å². The summed E-state index contributed by atoms with van der Waals surface area (Å²) in [5.41, 5.74) is -1.64. The number of alkyl halides is 6. The van der Waals surface area contributed by atoms with Crippen LogP contribution in [0.2, 0.25) is 0 Å². The van der Waals surface area contributed by atoms with E-state index in [9.17, 15) is 49.3 Å². The molecule has 0 saturated heterocycles. The summed E-state index contributed by atoms with van der Waals surface area (Å²) >= 11 is 3.38. The zero-order valence-corrected chi connectivity index (χ0v) is 26.0. The van der Waals surface area contributed by atoms with Crippen molar-refractivity contribution < 1.29 is 63.5 Å². The van der Waals surface area contributed by atoms with Gasteiger partial charge in [0, 0.05) is 3.92 Å². The number of allylic oxidation sites excluding steroid dienone is 4. The molecule has 0 aromatic rings. The fourth-order valence-electron chi connectivity index (χ4n) is 4.65. The Morgan fingerprint density at radius 2 is 1.55 bits per heavy atom. The lowest BCUT2D eigenvalue weighted by Crippen LogP contribution is -2.52. The maximum absolute atomic E-state index is 13.9. The second-order valence-electron chi connectivity index (χ2n) is 10.3. The zero-order valence-electron chi connectivity index (χ0n) is 20.8. The number of ether oxygens (including phenoxy) is 3. The lowest BCUT2D eigenvalue weighted by atomic mass is 9.83. The number of carbonyl (C=O) groups is 3. The van der Waals surface area contributed by atoms with Gasteiger partial charge in [0.05, 0.1) is 21.0 Å². The van der Waals surface area contributed by atoms with Gasteiger partial charge in [0.1, 0.15) is 5.60 Å². The van der Waals surface area contributed by atoms with E-state index in [0.717, 1.165) is 0 Å². The van der Waals surface area contributed by atoms with Crippen LogP contribution in [0.15, 0.2) is 33.1 Å². The molecular weight excluding hydrogens is 801 g/mol. The van der Waals surface area contributed by atoms with Crippen molar-refractivity contribution in [2.24, 2.45) is 23.7 Å². The Morgan fingerprint density at radius 1 is 1.02 bits per heavy atom. The molecule has 1 saturated carbocycles. The van der Waals surface area contributed by atoms with Crippen molar-refractivity contribution in [2.75, 3.05) is 0 Å². The predicted molar refractivity (Wildman–Crippen MR) is 142 cm³/mol. The molecule has 17 heteroatoms. The fourth-order valence-corrected chi connectivity index (χ4v) is 7.45. The highest BCUT2D eigenvalue weighted by molar-refractivity contribution is 14.1. The monoisotopic (exact) mass is 823 g/mol. The van der Waals surface area contributed by atoms with Crippen molar-refractivity contribution in [3.63, 3.8) is 0 Å². The molecule has 0 radical (unpaired) electrons. The maximum atomic E-state index is 13.9. The van der Waals surface area contributed by atoms with Crippen molar-refractivity contribution in [1.29, 1.82) is 0 Å². The Balaban J connectivity index is 1.96. The Morgan fingerprint density at radius 3 is 2.02 bits per heavy atom. The number of hydrogen-bond acceptors (Lipinski definition) is 9. The molecule has 0 amide bonds. The topological polar surface area (TPSA) is 136 Å². The molecule has 0 heterocycles. The number of esters is 3. The molecule has 6 unspecified atom stereocenters. The lowest BCUT2D eigenvalue weighted by molar-refractivity contribution is -0.257. The Hall–Kier alpha value is -1.35. The molecule has 0 aromatic heterocycles. The quantitative estimate of drug-likeness (QED) is 0.0681. The number of hydrogen-bond donors (Lipinski definition) is 0. The van der Waals surface area contributed by atoms with Crippen LogP contribution in [0.25, 0.3) is 0 Å². The number of halogens is 7. The highest BCUT2D eigenvalue weighted by atomic mass is 127. The molecule has 6 atom stereocenters. The van der Waals surface area contributed by atoms with Gasteiger partial charge in [-0.3, -0.25) is 9.59 Å². The molecule has 1 fully saturated rings. The maximum Gasteiger partial charge on any atom is 0.432 e. The summed E-state index contributed by atoms with van der Waals surface area (Å²) in [4.78, 5) is 39.0. The summed E-state index contributed by atoms with van der Waals surface area (Å²) in [6.45, 7) is 4.90. The van der Waals surface area contributed by atoms with E-state index in [1.165, 1.54) is 6.08 Å². The van der Waals surface area contributed by atoms with Crippen LogP contribution in [0.1, 0.15) is 33.6 Å². The second-order valence-corrected chi connectivity index (χ2v) is 14.6. The molecule has 40 heavy (non-hydrogen) atoms. The molecule has 3 aliphatic carbocycles. The van der Waals surface area contributed by atoms with Gasteiger partial charge < -0.3 is 18.8 Å². The van der Waals surface area contributed by atoms with Crippen molar-refractivity contribution >= 4 is 73.2 Å². The first-order valence-corrected chi connectivity index (χ1v) is 15.3. The fraction of sp³-hybridized carbons (Fsp3) is 0.609. The lowest BCUT2D eigenvalue weighted by Gasteiger charge is -2.31. The predicted octanol–water partition coefficient (Wildman–Crippen LogP) is 4.70. The van der Waals surface area contributed by atoms with Crippen LogP contribution in [-0.2, 0) is 38.7 Å². The molecule has 0 aliphatic heterocycles. The van der Waals surface area contributed by atoms with Gasteiger partial charge in [0.25, 0.3) is 6.10 Å². The van der Waals surface area contributed by atoms with Gasteiger partial charge in [-0.05, 0) is 68.0 Å². The van der Waals surface area contributed by atoms with Crippen molar-refractivity contribution in [2.45, 2.75) is 60.7 Å². The van der Waals surface area contributed by atoms with Crippen LogP contribution < -0.4 is 0 Å². The van der Waals surface area contributed by atoms with Gasteiger partial charge >= 0.3 is 29.3 Å². The summed E-state index contributed by atoms with van der Waals surface area (Å²) in [6, 6.07) is 0. The van der Waals surface area contributed by atoms with Crippen molar-refractivity contribution in [3.05, 3.63) is 33.1 Å². The summed E-state index contributed by atoms with van der Waals surface area (Å²) in [6.07, 6.45) is -5.84. The second kappa shape index (κ2) is 11.4. The van der Waals surface area contributed by atoms with Crippen LogP contribution in [0, 0.1) is 23.7 Å². The van der Waals surface area contributed by atoms with E-state index >= 15 is 0 Å². The molecule has 3 rings (SSSR count). The van der Waals surface area contributed by atoms with E-state index in [2.05, 4.69) is 4.74 Å². The minimum Gasteiger partial charge on any atom is -0.743 e. The largest absolute Gasteiger partial charge is 0.743 e. The smallest absolute Gasteiger partial charge is 0.432 e. The highest BCUT2D eigenvalue weighted by Crippen LogP contribution is 2.50. The van der Waals surface area contributed by atoms with Crippen LogP contribution in [0.4, 0.5) is 22.0 Å². The molecule has 0 aromatic carbocycles. The van der Waals surface area contributed by atoms with Gasteiger partial charge in [-0.15, -0.1) is 0 Å². The Bertz CT molecular complexity index is 1280. The SMILES string of the molecule is CC(C)(C)OC(=O)C1C2C=CC(C2)C1C(=O)OC1=C(C(=O)OC(C(F)(F)F)C(F)(F)S(=O)(=O)[O-])CC(I)C=C1I. The molecule has 0 N–H and O–H groups in total. The van der Waals surface area contributed by atoms with Crippen molar-refractivity contribution in [3.8, 4) is 0 Å². The minimum absolute atomic E-state index is 0.0443. The number of fused-ring (bicyclic) bond motifs is 2. The summed E-state index contributed by atoms with van der Waals surface area (Å²) < 4.78 is 115. The number of carbonyl (C=O) groups excluding carboxylic acids is 3. The van der Waals surface area contributed by atoms with E-state index in [4.69, 9.17) is 9.47 Å². The average Bonchev–Trinajstić information content (AvgIpc) is 3.37. The molecule has 0 spiro atoms. The standard InChI is InChI=1S/C23H23F5I2O9S/c1-21(2,3)39-19(33)15-10-5-4-9(6-10)14(15)18(32)37-16-12(7-11(29)8-13(16)30)17(31)38-20(22(24,25)26)23(27,28)40(34,35)36/h4-5,8-11,14-15,20H,6-7H2,1-3H3,(H,34,35,36)/p-1. The van der Waals surface area contributed by atoms with Gasteiger partial charge in [0.15, 0.2) is 15.9 Å². The first-order valence-electron chi connectivity index (χ1n) is 11.5. The van der Waals surface area contributed by atoms with E-state index < -0.39 is 90.6 Å². The highest BCUT2D eigenvalue weighted by Gasteiger charge is 2.63. The molecule has 2 bridgehead atoms. The van der Waals surface area contributed by atoms with E-state index in [1.54, 1.807) is 78.1 Å². The van der Waals surface area contributed by atoms with Gasteiger partial charge in [0.2, 0.25) is 0 Å². The minimum atomic E-state index is -6.91. The Kier molecular flexibility index (Phi) is 9.44. The van der Waals surface area contributed by atoms with Crippen LogP contribution in [0.5, 0.6) is 0 Å². The third kappa shape index (κ3) is 6.99. The third-order valence-electron chi connectivity index (χ3n) is 6.24. The average molecular weight is 823 g/mol. The van der Waals surface area contributed by atoms with E-state index in [0.29, 0.717) is 6.42 Å². The van der Waals surface area contributed by atoms with Crippen LogP contribution >= 0.6 is 45.2 Å². The molecular formula is C23H22F5I2O9S-. The molecule has 3 aliphatic rings. The Labute approximate surface area is 252 Å². The zero-order chi connectivity index (χ0) is 30.6. The summed E-state index contributed by atoms with van der Waals surface area (Å²) in [5.74, 6) is -7.15. The summed E-state index contributed by atoms with van der Waals surface area (Å²) in [7, 11) is -6.91. The van der Waals surface area contributed by atoms with Gasteiger partial charge in [-0.2, -0.15) is 22.0 Å². The molecule has 224 valence electrons. The first-order chi connectivity index (χ1) is 18.0. The first kappa shape index (κ1) is 33.2. The van der Waals surface area contributed by atoms with E-state index in [1.807, 2.05) is 0 Å². The molecule has 9 nitrogen and oxygen atoms in total. The van der Waals surface area contributed by atoms with Crippen molar-refractivity contribution in [1.82, 2.24) is 0 Å².